The van der Waals surface area contributed by atoms with Crippen LogP contribution in [0, 0.1) is 6.92 Å². The molecule has 44 heavy (non-hydrogen) atoms. The maximum absolute atomic E-state index is 12.6. The molecule has 0 amide bonds. The molecule has 230 valence electrons. The topological polar surface area (TPSA) is 144 Å². The first kappa shape index (κ1) is 29.4. The predicted molar refractivity (Wildman–Crippen MR) is 175 cm³/mol. The van der Waals surface area contributed by atoms with Gasteiger partial charge in [0, 0.05) is 56.5 Å². The first-order valence-corrected chi connectivity index (χ1v) is 16.0. The number of aromatic amines is 1. The summed E-state index contributed by atoms with van der Waals surface area (Å²) in [6.45, 7) is 4.04. The smallest absolute Gasteiger partial charge is 0.232 e. The number of methoxy groups -OCH3 is 1. The summed E-state index contributed by atoms with van der Waals surface area (Å²) in [7, 11) is 3.77. The number of nitrogens with zero attached hydrogens (tertiary/aromatic N) is 7. The Morgan fingerprint density at radius 1 is 1.02 bits per heavy atom. The summed E-state index contributed by atoms with van der Waals surface area (Å²) in [6, 6.07) is 10.0. The van der Waals surface area contributed by atoms with Gasteiger partial charge in [0.15, 0.2) is 5.82 Å². The highest BCUT2D eigenvalue weighted by Gasteiger charge is 2.26. The van der Waals surface area contributed by atoms with Crippen molar-refractivity contribution in [3.63, 3.8) is 0 Å². The molecule has 6 rings (SSSR count). The lowest BCUT2D eigenvalue weighted by Gasteiger charge is -2.25. The molecule has 0 spiro atoms. The third-order valence-electron chi connectivity index (χ3n) is 8.08. The largest absolute Gasteiger partial charge is 0.494 e. The molecule has 1 saturated heterocycles. The number of hydrogen-bond donors (Lipinski definition) is 3. The summed E-state index contributed by atoms with van der Waals surface area (Å²) in [5.41, 5.74) is 6.17. The Morgan fingerprint density at radius 3 is 2.55 bits per heavy atom. The number of ether oxygens (including phenoxy) is 1. The second kappa shape index (κ2) is 11.4. The number of sulfonamides is 1. The van der Waals surface area contributed by atoms with Gasteiger partial charge >= 0.3 is 0 Å². The van der Waals surface area contributed by atoms with Crippen LogP contribution in [0.3, 0.4) is 0 Å². The van der Waals surface area contributed by atoms with Gasteiger partial charge in [0.1, 0.15) is 22.5 Å². The van der Waals surface area contributed by atoms with E-state index in [0.29, 0.717) is 57.0 Å². The highest BCUT2D eigenvalue weighted by atomic mass is 32.2. The lowest BCUT2D eigenvalue weighted by Crippen LogP contribution is -2.31. The van der Waals surface area contributed by atoms with E-state index in [-0.39, 0.29) is 0 Å². The number of benzene rings is 2. The van der Waals surface area contributed by atoms with Gasteiger partial charge in [0.05, 0.1) is 35.8 Å². The zero-order valence-corrected chi connectivity index (χ0v) is 26.4. The number of nitrogens with one attached hydrogen (secondary N) is 3. The Kier molecular flexibility index (Phi) is 7.63. The van der Waals surface area contributed by atoms with Gasteiger partial charge in [-0.25, -0.2) is 13.4 Å². The Morgan fingerprint density at radius 2 is 1.82 bits per heavy atom. The maximum Gasteiger partial charge on any atom is 0.232 e. The number of likely N-dealkylation sites (N-methyl/N-ethyl adjacent to an activating group) is 1. The number of rotatable bonds is 9. The zero-order chi connectivity index (χ0) is 31.2. The SMILES string of the molecule is COc1cc(N2CCC(N(C)C)C2)c(C)cc1Nc1nc(Nc2ccc3nccnc3c2N(C)S(C)(=O)=O)c2[nH]ccc2n1. The maximum atomic E-state index is 12.6. The lowest BCUT2D eigenvalue weighted by atomic mass is 10.1. The average Bonchev–Trinajstić information content (AvgIpc) is 3.67. The Hall–Kier alpha value is -4.69. The minimum atomic E-state index is -3.62. The van der Waals surface area contributed by atoms with Gasteiger partial charge in [-0.3, -0.25) is 14.3 Å². The van der Waals surface area contributed by atoms with Crippen molar-refractivity contribution >= 4 is 66.6 Å². The molecule has 4 heterocycles. The van der Waals surface area contributed by atoms with Crippen LogP contribution in [0.4, 0.5) is 34.5 Å². The zero-order valence-electron chi connectivity index (χ0n) is 25.6. The number of aromatic nitrogens is 5. The standard InChI is InChI=1S/C30H36N10O3S/c1-18-15-23(25(43-5)16-24(18)40-14-10-19(17-40)38(2)3)36-30-35-21-9-11-32-27(21)29(37-30)34-22-8-7-20-26(33-13-12-31-20)28(22)39(4)44(6,41)42/h7-9,11-13,15-16,19,32H,10,14,17H2,1-6H3,(H2,34,35,36,37). The quantitative estimate of drug-likeness (QED) is 0.219. The first-order valence-electron chi connectivity index (χ1n) is 14.2. The summed E-state index contributed by atoms with van der Waals surface area (Å²) in [4.78, 5) is 26.2. The van der Waals surface area contributed by atoms with Crippen LogP contribution in [0.1, 0.15) is 12.0 Å². The highest BCUT2D eigenvalue weighted by molar-refractivity contribution is 7.92. The van der Waals surface area contributed by atoms with Crippen molar-refractivity contribution in [3.8, 4) is 5.75 Å². The number of hydrogen-bond acceptors (Lipinski definition) is 11. The minimum Gasteiger partial charge on any atom is -0.494 e. The van der Waals surface area contributed by atoms with E-state index in [9.17, 15) is 8.42 Å². The monoisotopic (exact) mass is 616 g/mol. The molecule has 1 fully saturated rings. The van der Waals surface area contributed by atoms with E-state index in [1.807, 2.05) is 6.07 Å². The van der Waals surface area contributed by atoms with E-state index in [0.717, 1.165) is 42.7 Å². The fourth-order valence-corrected chi connectivity index (χ4v) is 6.13. The van der Waals surface area contributed by atoms with Gasteiger partial charge in [0.2, 0.25) is 16.0 Å². The molecule has 0 saturated carbocycles. The van der Waals surface area contributed by atoms with Crippen molar-refractivity contribution in [1.82, 2.24) is 29.8 Å². The van der Waals surface area contributed by atoms with Crippen LogP contribution in [0.2, 0.25) is 0 Å². The van der Waals surface area contributed by atoms with Crippen LogP contribution < -0.4 is 24.6 Å². The Labute approximate surface area is 256 Å². The van der Waals surface area contributed by atoms with E-state index in [2.05, 4.69) is 68.5 Å². The van der Waals surface area contributed by atoms with Crippen molar-refractivity contribution in [2.24, 2.45) is 0 Å². The summed E-state index contributed by atoms with van der Waals surface area (Å²) < 4.78 is 32.3. The summed E-state index contributed by atoms with van der Waals surface area (Å²) in [5, 5.41) is 6.69. The van der Waals surface area contributed by atoms with Crippen LogP contribution in [0.25, 0.3) is 22.1 Å². The van der Waals surface area contributed by atoms with Crippen LogP contribution in [0.5, 0.6) is 5.75 Å². The molecule has 3 aromatic heterocycles. The van der Waals surface area contributed by atoms with E-state index in [1.54, 1.807) is 31.6 Å². The van der Waals surface area contributed by atoms with Crippen molar-refractivity contribution in [2.75, 3.05) is 67.4 Å². The average molecular weight is 617 g/mol. The van der Waals surface area contributed by atoms with Gasteiger partial charge in [0.25, 0.3) is 0 Å². The van der Waals surface area contributed by atoms with Crippen molar-refractivity contribution in [2.45, 2.75) is 19.4 Å². The molecular weight excluding hydrogens is 580 g/mol. The Bertz CT molecular complexity index is 1960. The van der Waals surface area contributed by atoms with Crippen molar-refractivity contribution in [1.29, 1.82) is 0 Å². The summed E-state index contributed by atoms with van der Waals surface area (Å²) in [5.74, 6) is 1.47. The molecule has 2 aromatic carbocycles. The second-order valence-electron chi connectivity index (χ2n) is 11.2. The fraction of sp³-hybridized carbons (Fsp3) is 0.333. The highest BCUT2D eigenvalue weighted by Crippen LogP contribution is 2.38. The van der Waals surface area contributed by atoms with Crippen LogP contribution in [-0.2, 0) is 10.0 Å². The van der Waals surface area contributed by atoms with E-state index < -0.39 is 10.0 Å². The fourth-order valence-electron chi connectivity index (χ4n) is 5.61. The molecule has 13 nitrogen and oxygen atoms in total. The number of fused-ring (bicyclic) bond motifs is 2. The van der Waals surface area contributed by atoms with Crippen LogP contribution >= 0.6 is 0 Å². The van der Waals surface area contributed by atoms with Gasteiger partial charge in [-0.1, -0.05) is 0 Å². The molecule has 1 atom stereocenters. The summed E-state index contributed by atoms with van der Waals surface area (Å²) in [6.07, 6.45) is 7.14. The third-order valence-corrected chi connectivity index (χ3v) is 9.26. The van der Waals surface area contributed by atoms with E-state index in [1.165, 1.54) is 17.5 Å². The number of aryl methyl sites for hydroxylation is 1. The molecular formula is C30H36N10O3S. The summed E-state index contributed by atoms with van der Waals surface area (Å²) >= 11 is 0. The van der Waals surface area contributed by atoms with E-state index in [4.69, 9.17) is 14.7 Å². The lowest BCUT2D eigenvalue weighted by molar-refractivity contribution is 0.315. The normalized spacial score (nSPS) is 15.3. The van der Waals surface area contributed by atoms with E-state index >= 15 is 0 Å². The number of H-pyrrole nitrogens is 1. The van der Waals surface area contributed by atoms with Crippen molar-refractivity contribution < 1.29 is 13.2 Å². The van der Waals surface area contributed by atoms with Gasteiger partial charge in [-0.05, 0) is 57.3 Å². The number of anilines is 6. The van der Waals surface area contributed by atoms with Gasteiger partial charge in [-0.15, -0.1) is 0 Å². The van der Waals surface area contributed by atoms with Crippen molar-refractivity contribution in [3.05, 3.63) is 54.5 Å². The molecule has 0 radical (unpaired) electrons. The molecule has 1 aliphatic heterocycles. The molecule has 0 aliphatic carbocycles. The van der Waals surface area contributed by atoms with Gasteiger partial charge < -0.3 is 30.2 Å². The first-order chi connectivity index (χ1) is 21.0. The molecule has 14 heteroatoms. The molecule has 1 unspecified atom stereocenters. The predicted octanol–water partition coefficient (Wildman–Crippen LogP) is 4.24. The molecule has 1 aliphatic rings. The molecule has 3 N–H and O–H groups in total. The van der Waals surface area contributed by atoms with Crippen LogP contribution in [-0.4, -0.2) is 91.9 Å². The van der Waals surface area contributed by atoms with Gasteiger partial charge in [-0.2, -0.15) is 4.98 Å². The minimum absolute atomic E-state index is 0.345. The van der Waals surface area contributed by atoms with Crippen LogP contribution in [0.15, 0.2) is 48.9 Å². The molecule has 5 aromatic rings. The second-order valence-corrected chi connectivity index (χ2v) is 13.2. The third kappa shape index (κ3) is 5.53. The molecule has 0 bridgehead atoms. The Balaban J connectivity index is 1.37.